The van der Waals surface area contributed by atoms with E-state index < -0.39 is 0 Å². The van der Waals surface area contributed by atoms with Crippen molar-refractivity contribution in [1.29, 1.82) is 0 Å². The second kappa shape index (κ2) is 4.93. The number of carbonyl (C=O) groups is 1. The molecule has 2 heteroatoms. The maximum atomic E-state index is 12.0. The Labute approximate surface area is 134 Å². The highest BCUT2D eigenvalue weighted by Gasteiger charge is 2.58. The number of aliphatic hydroxyl groups excluding tert-OH is 1. The molecule has 0 saturated heterocycles. The molecule has 4 rings (SSSR count). The maximum Gasteiger partial charge on any atom is 0.155 e. The van der Waals surface area contributed by atoms with Crippen molar-refractivity contribution in [3.05, 3.63) is 11.6 Å². The number of hydrogen-bond donors (Lipinski definition) is 1. The molecule has 3 saturated carbocycles. The molecular weight excluding hydrogens is 272 g/mol. The Morgan fingerprint density at radius 3 is 2.68 bits per heavy atom. The third-order valence-electron chi connectivity index (χ3n) is 7.92. The molecule has 4 aliphatic carbocycles. The summed E-state index contributed by atoms with van der Waals surface area (Å²) in [7, 11) is 0. The number of carbonyl (C=O) groups excluding carboxylic acids is 1. The lowest BCUT2D eigenvalue weighted by Crippen LogP contribution is -2.51. The van der Waals surface area contributed by atoms with E-state index >= 15 is 0 Å². The topological polar surface area (TPSA) is 37.3 Å². The van der Waals surface area contributed by atoms with Gasteiger partial charge in [0.2, 0.25) is 0 Å². The number of fused-ring (bicyclic) bond motifs is 5. The van der Waals surface area contributed by atoms with Crippen LogP contribution in [0.2, 0.25) is 0 Å². The quantitative estimate of drug-likeness (QED) is 0.735. The van der Waals surface area contributed by atoms with Gasteiger partial charge in [-0.2, -0.15) is 0 Å². The van der Waals surface area contributed by atoms with Crippen molar-refractivity contribution in [3.63, 3.8) is 0 Å². The van der Waals surface area contributed by atoms with Crippen molar-refractivity contribution in [2.45, 2.75) is 65.4 Å². The van der Waals surface area contributed by atoms with E-state index in [1.807, 2.05) is 6.08 Å². The molecular formula is C20H30O2. The van der Waals surface area contributed by atoms with Crippen LogP contribution in [0.5, 0.6) is 0 Å². The summed E-state index contributed by atoms with van der Waals surface area (Å²) in [6, 6.07) is 0. The smallest absolute Gasteiger partial charge is 0.155 e. The van der Waals surface area contributed by atoms with E-state index in [2.05, 4.69) is 20.8 Å². The van der Waals surface area contributed by atoms with Gasteiger partial charge in [0.05, 0.1) is 6.10 Å². The van der Waals surface area contributed by atoms with E-state index in [1.54, 1.807) is 0 Å². The SMILES string of the molecule is CC1CC2=CC(=O)CC(C)[C@@H]2[C@H]2CC[C@]3(C)[C@@H](O)CC[C@H]3[C@H]12. The van der Waals surface area contributed by atoms with Gasteiger partial charge in [-0.25, -0.2) is 0 Å². The van der Waals surface area contributed by atoms with E-state index in [4.69, 9.17) is 0 Å². The van der Waals surface area contributed by atoms with E-state index in [0.29, 0.717) is 29.5 Å². The molecule has 0 aromatic heterocycles. The monoisotopic (exact) mass is 302 g/mol. The predicted molar refractivity (Wildman–Crippen MR) is 87.2 cm³/mol. The maximum absolute atomic E-state index is 12.0. The molecule has 0 aliphatic heterocycles. The molecule has 4 aliphatic rings. The zero-order valence-corrected chi connectivity index (χ0v) is 14.2. The summed E-state index contributed by atoms with van der Waals surface area (Å²) >= 11 is 0. The summed E-state index contributed by atoms with van der Waals surface area (Å²) < 4.78 is 0. The number of allylic oxidation sites excluding steroid dienone is 1. The van der Waals surface area contributed by atoms with Crippen molar-refractivity contribution < 1.29 is 9.90 Å². The number of aliphatic hydroxyl groups is 1. The van der Waals surface area contributed by atoms with Gasteiger partial charge >= 0.3 is 0 Å². The van der Waals surface area contributed by atoms with Crippen LogP contribution in [0.15, 0.2) is 11.6 Å². The van der Waals surface area contributed by atoms with Crippen LogP contribution in [0, 0.1) is 40.9 Å². The van der Waals surface area contributed by atoms with Gasteiger partial charge in [-0.05, 0) is 79.1 Å². The lowest BCUT2D eigenvalue weighted by atomic mass is 9.48. The molecule has 0 heterocycles. The standard InChI is InChI=1S/C20H30O2/c1-11-8-13-10-14(21)9-12(2)18(13)15-6-7-20(3)16(19(11)15)4-5-17(20)22/h10-12,15-19,22H,4-9H2,1-3H3/t11?,12?,15-,16+,17+,18+,19-,20+/m1/s1. The second-order valence-electron chi connectivity index (χ2n) is 9.06. The zero-order chi connectivity index (χ0) is 15.6. The summed E-state index contributed by atoms with van der Waals surface area (Å²) in [6.45, 7) is 7.03. The van der Waals surface area contributed by atoms with Gasteiger partial charge in [0.1, 0.15) is 0 Å². The summed E-state index contributed by atoms with van der Waals surface area (Å²) in [6.07, 6.45) is 8.40. The summed E-state index contributed by atoms with van der Waals surface area (Å²) in [5.41, 5.74) is 1.62. The zero-order valence-electron chi connectivity index (χ0n) is 14.2. The van der Waals surface area contributed by atoms with Crippen LogP contribution in [0.25, 0.3) is 0 Å². The van der Waals surface area contributed by atoms with Crippen LogP contribution in [0.3, 0.4) is 0 Å². The Morgan fingerprint density at radius 2 is 1.91 bits per heavy atom. The molecule has 0 aromatic rings. The minimum atomic E-state index is -0.0899. The largest absolute Gasteiger partial charge is 0.393 e. The van der Waals surface area contributed by atoms with E-state index in [9.17, 15) is 9.90 Å². The minimum absolute atomic E-state index is 0.0899. The molecule has 22 heavy (non-hydrogen) atoms. The highest BCUT2D eigenvalue weighted by Crippen LogP contribution is 2.63. The highest BCUT2D eigenvalue weighted by molar-refractivity contribution is 5.91. The van der Waals surface area contributed by atoms with Gasteiger partial charge in [0, 0.05) is 6.42 Å². The van der Waals surface area contributed by atoms with Crippen molar-refractivity contribution in [3.8, 4) is 0 Å². The normalized spacial score (nSPS) is 54.3. The van der Waals surface area contributed by atoms with Crippen molar-refractivity contribution in [1.82, 2.24) is 0 Å². The van der Waals surface area contributed by atoms with Crippen LogP contribution >= 0.6 is 0 Å². The van der Waals surface area contributed by atoms with Gasteiger partial charge in [0.15, 0.2) is 5.78 Å². The first-order valence-electron chi connectivity index (χ1n) is 9.33. The van der Waals surface area contributed by atoms with Crippen molar-refractivity contribution >= 4 is 5.78 Å². The Hall–Kier alpha value is -0.630. The first-order valence-corrected chi connectivity index (χ1v) is 9.33. The van der Waals surface area contributed by atoms with Crippen LogP contribution in [0.4, 0.5) is 0 Å². The first kappa shape index (κ1) is 14.9. The molecule has 1 N–H and O–H groups in total. The Kier molecular flexibility index (Phi) is 3.35. The molecule has 0 amide bonds. The van der Waals surface area contributed by atoms with Crippen molar-refractivity contribution in [2.24, 2.45) is 40.9 Å². The van der Waals surface area contributed by atoms with Crippen LogP contribution < -0.4 is 0 Å². The fourth-order valence-electron chi connectivity index (χ4n) is 7.01. The molecule has 122 valence electrons. The number of hydrogen-bond acceptors (Lipinski definition) is 2. The molecule has 2 nitrogen and oxygen atoms in total. The Balaban J connectivity index is 1.71. The second-order valence-corrected chi connectivity index (χ2v) is 9.06. The molecule has 0 spiro atoms. The molecule has 0 bridgehead atoms. The predicted octanol–water partition coefficient (Wildman–Crippen LogP) is 3.98. The third kappa shape index (κ3) is 1.92. The first-order chi connectivity index (χ1) is 10.4. The Bertz CT molecular complexity index is 522. The molecule has 0 radical (unpaired) electrons. The number of rotatable bonds is 0. The lowest BCUT2D eigenvalue weighted by molar-refractivity contribution is -0.118. The summed E-state index contributed by atoms with van der Waals surface area (Å²) in [5.74, 6) is 4.38. The third-order valence-corrected chi connectivity index (χ3v) is 7.92. The molecule has 8 atom stereocenters. The lowest BCUT2D eigenvalue weighted by Gasteiger charge is -2.56. The van der Waals surface area contributed by atoms with Crippen LogP contribution in [-0.4, -0.2) is 17.0 Å². The van der Waals surface area contributed by atoms with Crippen molar-refractivity contribution in [2.75, 3.05) is 0 Å². The van der Waals surface area contributed by atoms with Crippen LogP contribution in [-0.2, 0) is 4.79 Å². The fraction of sp³-hybridized carbons (Fsp3) is 0.850. The Morgan fingerprint density at radius 1 is 1.14 bits per heavy atom. The van der Waals surface area contributed by atoms with Gasteiger partial charge in [0.25, 0.3) is 0 Å². The average Bonchev–Trinajstić information content (AvgIpc) is 2.74. The summed E-state index contributed by atoms with van der Waals surface area (Å²) in [5, 5.41) is 10.5. The molecule has 2 unspecified atom stereocenters. The van der Waals surface area contributed by atoms with Crippen LogP contribution in [0.1, 0.15) is 59.3 Å². The highest BCUT2D eigenvalue weighted by atomic mass is 16.3. The van der Waals surface area contributed by atoms with Gasteiger partial charge in [-0.15, -0.1) is 0 Å². The van der Waals surface area contributed by atoms with E-state index in [1.165, 1.54) is 24.8 Å². The summed E-state index contributed by atoms with van der Waals surface area (Å²) in [4.78, 5) is 12.0. The number of ketones is 1. The minimum Gasteiger partial charge on any atom is -0.393 e. The molecule has 0 aromatic carbocycles. The van der Waals surface area contributed by atoms with E-state index in [0.717, 1.165) is 31.1 Å². The van der Waals surface area contributed by atoms with E-state index in [-0.39, 0.29) is 11.5 Å². The average molecular weight is 302 g/mol. The molecule has 3 fully saturated rings. The van der Waals surface area contributed by atoms with Gasteiger partial charge < -0.3 is 5.11 Å². The van der Waals surface area contributed by atoms with Gasteiger partial charge in [-0.3, -0.25) is 4.79 Å². The fourth-order valence-corrected chi connectivity index (χ4v) is 7.01. The van der Waals surface area contributed by atoms with Gasteiger partial charge in [-0.1, -0.05) is 26.3 Å².